The Morgan fingerprint density at radius 2 is 1.96 bits per heavy atom. The van der Waals surface area contributed by atoms with Crippen molar-refractivity contribution in [2.45, 2.75) is 26.8 Å². The van der Waals surface area contributed by atoms with Gasteiger partial charge < -0.3 is 15.0 Å². The zero-order chi connectivity index (χ0) is 18.1. The molecule has 7 nitrogen and oxygen atoms in total. The van der Waals surface area contributed by atoms with Gasteiger partial charge in [0.25, 0.3) is 5.91 Å². The molecule has 3 rings (SSSR count). The van der Waals surface area contributed by atoms with Crippen molar-refractivity contribution >= 4 is 28.5 Å². The lowest BCUT2D eigenvalue weighted by Gasteiger charge is -2.06. The number of amides is 1. The lowest BCUT2D eigenvalue weighted by molar-refractivity contribution is -0.137. The molecule has 0 aliphatic rings. The van der Waals surface area contributed by atoms with Gasteiger partial charge in [0, 0.05) is 24.1 Å². The van der Waals surface area contributed by atoms with E-state index < -0.39 is 5.97 Å². The van der Waals surface area contributed by atoms with E-state index in [0.29, 0.717) is 16.9 Å². The van der Waals surface area contributed by atoms with Gasteiger partial charge in [0.05, 0.1) is 35.6 Å². The molecule has 0 fully saturated rings. The minimum absolute atomic E-state index is 0.0152. The lowest BCUT2D eigenvalue weighted by atomic mass is 10.1. The second-order valence-corrected chi connectivity index (χ2v) is 6.04. The molecule has 0 aliphatic heterocycles. The second-order valence-electron chi connectivity index (χ2n) is 6.04. The van der Waals surface area contributed by atoms with Crippen molar-refractivity contribution in [1.29, 1.82) is 0 Å². The number of rotatable bonds is 5. The maximum absolute atomic E-state index is 12.8. The van der Waals surface area contributed by atoms with E-state index in [0.717, 1.165) is 16.6 Å². The summed E-state index contributed by atoms with van der Waals surface area (Å²) in [5.41, 5.74) is 3.61. The van der Waals surface area contributed by atoms with Crippen molar-refractivity contribution in [2.24, 2.45) is 7.05 Å². The maximum Gasteiger partial charge on any atom is 0.305 e. The van der Waals surface area contributed by atoms with E-state index >= 15 is 0 Å². The highest BCUT2D eigenvalue weighted by Gasteiger charge is 2.18. The van der Waals surface area contributed by atoms with Crippen LogP contribution in [0.4, 0.5) is 5.69 Å². The number of aliphatic carboxylic acids is 1. The summed E-state index contributed by atoms with van der Waals surface area (Å²) >= 11 is 0. The number of nitrogens with one attached hydrogen (secondary N) is 1. The standard InChI is InChI=1S/C18H20N4O3/c1-11-17(12(2)22(20-11)9-8-16(23)24)19-18(25)14-10-21(3)15-7-5-4-6-13(14)15/h4-7,10H,8-9H2,1-3H3,(H,19,25)(H,23,24). The maximum atomic E-state index is 12.8. The molecular weight excluding hydrogens is 320 g/mol. The molecule has 0 saturated carbocycles. The van der Waals surface area contributed by atoms with E-state index in [1.54, 1.807) is 17.8 Å². The molecule has 25 heavy (non-hydrogen) atoms. The van der Waals surface area contributed by atoms with Gasteiger partial charge in [0.1, 0.15) is 0 Å². The molecule has 0 spiro atoms. The van der Waals surface area contributed by atoms with Crippen LogP contribution in [0.15, 0.2) is 30.5 Å². The number of para-hydroxylation sites is 1. The number of fused-ring (bicyclic) bond motifs is 1. The van der Waals surface area contributed by atoms with Gasteiger partial charge in [-0.3, -0.25) is 14.3 Å². The van der Waals surface area contributed by atoms with Crippen molar-refractivity contribution < 1.29 is 14.7 Å². The van der Waals surface area contributed by atoms with Crippen molar-refractivity contribution in [2.75, 3.05) is 5.32 Å². The molecule has 0 atom stereocenters. The third-order valence-corrected chi connectivity index (χ3v) is 4.30. The Hall–Kier alpha value is -3.09. The van der Waals surface area contributed by atoms with Crippen LogP contribution in [0, 0.1) is 13.8 Å². The average molecular weight is 340 g/mol. The van der Waals surface area contributed by atoms with Crippen LogP contribution in [0.1, 0.15) is 28.2 Å². The first-order valence-corrected chi connectivity index (χ1v) is 7.99. The van der Waals surface area contributed by atoms with Crippen LogP contribution in [0.2, 0.25) is 0 Å². The number of anilines is 1. The molecule has 0 bridgehead atoms. The van der Waals surface area contributed by atoms with E-state index in [1.165, 1.54) is 0 Å². The largest absolute Gasteiger partial charge is 0.481 e. The lowest BCUT2D eigenvalue weighted by Crippen LogP contribution is -2.13. The van der Waals surface area contributed by atoms with Gasteiger partial charge in [-0.2, -0.15) is 5.10 Å². The molecule has 7 heteroatoms. The summed E-state index contributed by atoms with van der Waals surface area (Å²) in [7, 11) is 1.90. The van der Waals surface area contributed by atoms with Gasteiger partial charge in [0.15, 0.2) is 0 Å². The number of nitrogens with zero attached hydrogens (tertiary/aromatic N) is 3. The second kappa shape index (κ2) is 6.43. The SMILES string of the molecule is Cc1nn(CCC(=O)O)c(C)c1NC(=O)c1cn(C)c2ccccc12. The quantitative estimate of drug-likeness (QED) is 0.747. The fourth-order valence-electron chi connectivity index (χ4n) is 3.00. The summed E-state index contributed by atoms with van der Waals surface area (Å²) in [5.74, 6) is -1.09. The Balaban J connectivity index is 1.89. The molecular formula is C18H20N4O3. The first-order chi connectivity index (χ1) is 11.9. The Labute approximate surface area is 144 Å². The smallest absolute Gasteiger partial charge is 0.305 e. The first kappa shape index (κ1) is 16.8. The normalized spacial score (nSPS) is 11.0. The minimum atomic E-state index is -0.881. The summed E-state index contributed by atoms with van der Waals surface area (Å²) in [5, 5.41) is 17.0. The van der Waals surface area contributed by atoms with Crippen molar-refractivity contribution in [3.63, 3.8) is 0 Å². The fraction of sp³-hybridized carbons (Fsp3) is 0.278. The van der Waals surface area contributed by atoms with Gasteiger partial charge in [-0.25, -0.2) is 0 Å². The van der Waals surface area contributed by atoms with Gasteiger partial charge >= 0.3 is 5.97 Å². The molecule has 1 amide bonds. The Morgan fingerprint density at radius 1 is 1.24 bits per heavy atom. The summed E-state index contributed by atoms with van der Waals surface area (Å²) in [6.07, 6.45) is 1.79. The number of carbonyl (C=O) groups excluding carboxylic acids is 1. The molecule has 0 saturated heterocycles. The summed E-state index contributed by atoms with van der Waals surface area (Å²) < 4.78 is 3.53. The zero-order valence-electron chi connectivity index (χ0n) is 14.4. The third-order valence-electron chi connectivity index (χ3n) is 4.30. The predicted molar refractivity (Wildman–Crippen MR) is 94.8 cm³/mol. The number of carboxylic acids is 1. The van der Waals surface area contributed by atoms with Crippen LogP contribution in [0.25, 0.3) is 10.9 Å². The number of aryl methyl sites for hydroxylation is 3. The van der Waals surface area contributed by atoms with Gasteiger partial charge in [-0.15, -0.1) is 0 Å². The number of hydrogen-bond acceptors (Lipinski definition) is 3. The van der Waals surface area contributed by atoms with Crippen LogP contribution in [-0.4, -0.2) is 31.3 Å². The zero-order valence-corrected chi connectivity index (χ0v) is 14.4. The predicted octanol–water partition coefficient (Wildman–Crippen LogP) is 2.72. The van der Waals surface area contributed by atoms with Crippen molar-refractivity contribution in [3.05, 3.63) is 47.4 Å². The van der Waals surface area contributed by atoms with Gasteiger partial charge in [-0.1, -0.05) is 18.2 Å². The highest BCUT2D eigenvalue weighted by Crippen LogP contribution is 2.24. The molecule has 130 valence electrons. The monoisotopic (exact) mass is 340 g/mol. The summed E-state index contributed by atoms with van der Waals surface area (Å²) in [6.45, 7) is 3.88. The number of carbonyl (C=O) groups is 2. The Kier molecular flexibility index (Phi) is 4.31. The fourth-order valence-corrected chi connectivity index (χ4v) is 3.00. The molecule has 2 aromatic heterocycles. The number of benzene rings is 1. The van der Waals surface area contributed by atoms with Crippen LogP contribution in [0.5, 0.6) is 0 Å². The summed E-state index contributed by atoms with van der Waals surface area (Å²) in [4.78, 5) is 23.5. The highest BCUT2D eigenvalue weighted by molar-refractivity contribution is 6.13. The van der Waals surface area contributed by atoms with Crippen molar-refractivity contribution in [1.82, 2.24) is 14.3 Å². The van der Waals surface area contributed by atoms with Crippen LogP contribution in [-0.2, 0) is 18.4 Å². The number of aromatic nitrogens is 3. The Bertz CT molecular complexity index is 968. The van der Waals surface area contributed by atoms with E-state index in [-0.39, 0.29) is 18.9 Å². The molecule has 1 aromatic carbocycles. The van der Waals surface area contributed by atoms with Gasteiger partial charge in [0.2, 0.25) is 0 Å². The molecule has 2 heterocycles. The molecule has 0 unspecified atom stereocenters. The van der Waals surface area contributed by atoms with Crippen LogP contribution >= 0.6 is 0 Å². The van der Waals surface area contributed by atoms with E-state index in [1.807, 2.05) is 42.8 Å². The molecule has 0 radical (unpaired) electrons. The molecule has 2 N–H and O–H groups in total. The van der Waals surface area contributed by atoms with Gasteiger partial charge in [-0.05, 0) is 19.9 Å². The average Bonchev–Trinajstić information content (AvgIpc) is 3.05. The third kappa shape index (κ3) is 3.13. The first-order valence-electron chi connectivity index (χ1n) is 7.99. The van der Waals surface area contributed by atoms with E-state index in [4.69, 9.17) is 5.11 Å². The summed E-state index contributed by atoms with van der Waals surface area (Å²) in [6, 6.07) is 7.72. The molecule has 0 aliphatic carbocycles. The van der Waals surface area contributed by atoms with E-state index in [9.17, 15) is 9.59 Å². The number of carboxylic acid groups (broad SMARTS) is 1. The highest BCUT2D eigenvalue weighted by atomic mass is 16.4. The van der Waals surface area contributed by atoms with Crippen LogP contribution in [0.3, 0.4) is 0 Å². The van der Waals surface area contributed by atoms with E-state index in [2.05, 4.69) is 10.4 Å². The molecule has 3 aromatic rings. The topological polar surface area (TPSA) is 89.2 Å². The number of hydrogen-bond donors (Lipinski definition) is 2. The van der Waals surface area contributed by atoms with Crippen LogP contribution < -0.4 is 5.32 Å². The van der Waals surface area contributed by atoms with Crippen molar-refractivity contribution in [3.8, 4) is 0 Å². The minimum Gasteiger partial charge on any atom is -0.481 e. The Morgan fingerprint density at radius 3 is 2.68 bits per heavy atom.